The first-order valence-electron chi connectivity index (χ1n) is 5.57. The molecule has 16 heavy (non-hydrogen) atoms. The summed E-state index contributed by atoms with van der Waals surface area (Å²) >= 11 is 5.99. The molecule has 0 radical (unpaired) electrons. The summed E-state index contributed by atoms with van der Waals surface area (Å²) < 4.78 is 5.58. The lowest BCUT2D eigenvalue weighted by molar-refractivity contribution is 0.139. The highest BCUT2D eigenvalue weighted by atomic mass is 35.5. The van der Waals surface area contributed by atoms with Gasteiger partial charge in [-0.25, -0.2) is 0 Å². The Bertz CT molecular complexity index is 345. The van der Waals surface area contributed by atoms with Gasteiger partial charge in [-0.3, -0.25) is 4.90 Å². The molecule has 5 heteroatoms. The molecule has 1 aromatic rings. The molecule has 0 aromatic carbocycles. The lowest BCUT2D eigenvalue weighted by Gasteiger charge is -2.31. The van der Waals surface area contributed by atoms with Crippen LogP contribution >= 0.6 is 11.6 Å². The van der Waals surface area contributed by atoms with Crippen molar-refractivity contribution in [3.63, 3.8) is 0 Å². The topological polar surface area (TPSA) is 45.6 Å². The summed E-state index contributed by atoms with van der Waals surface area (Å²) in [6, 6.07) is 1.88. The van der Waals surface area contributed by atoms with Gasteiger partial charge in [-0.05, 0) is 13.1 Å². The van der Waals surface area contributed by atoms with E-state index in [1.165, 1.54) is 0 Å². The van der Waals surface area contributed by atoms with Crippen molar-refractivity contribution in [2.45, 2.75) is 13.1 Å². The molecule has 4 nitrogen and oxygen atoms in total. The number of rotatable bonds is 3. The molecule has 0 bridgehead atoms. The fourth-order valence-corrected chi connectivity index (χ4v) is 2.14. The Morgan fingerprint density at radius 1 is 1.38 bits per heavy atom. The van der Waals surface area contributed by atoms with Gasteiger partial charge in [0.25, 0.3) is 0 Å². The van der Waals surface area contributed by atoms with Crippen molar-refractivity contribution in [2.75, 3.05) is 33.2 Å². The van der Waals surface area contributed by atoms with Crippen LogP contribution < -0.4 is 5.73 Å². The molecule has 0 spiro atoms. The van der Waals surface area contributed by atoms with Crippen molar-refractivity contribution in [3.05, 3.63) is 22.6 Å². The first-order chi connectivity index (χ1) is 7.69. The Hall–Kier alpha value is -0.550. The van der Waals surface area contributed by atoms with Crippen molar-refractivity contribution in [2.24, 2.45) is 5.73 Å². The lowest BCUT2D eigenvalue weighted by Crippen LogP contribution is -2.43. The number of furan rings is 1. The van der Waals surface area contributed by atoms with E-state index in [1.54, 1.807) is 0 Å². The van der Waals surface area contributed by atoms with Crippen molar-refractivity contribution in [3.8, 4) is 0 Å². The van der Waals surface area contributed by atoms with Gasteiger partial charge < -0.3 is 15.1 Å². The predicted octanol–water partition coefficient (Wildman–Crippen LogP) is 1.14. The van der Waals surface area contributed by atoms with Gasteiger partial charge in [0.2, 0.25) is 0 Å². The Morgan fingerprint density at radius 2 is 2.06 bits per heavy atom. The van der Waals surface area contributed by atoms with Crippen LogP contribution in [0.25, 0.3) is 0 Å². The summed E-state index contributed by atoms with van der Waals surface area (Å²) in [5.41, 5.74) is 5.52. The van der Waals surface area contributed by atoms with Gasteiger partial charge >= 0.3 is 0 Å². The van der Waals surface area contributed by atoms with Crippen molar-refractivity contribution in [1.29, 1.82) is 0 Å². The lowest BCUT2D eigenvalue weighted by atomic mass is 10.3. The zero-order valence-electron chi connectivity index (χ0n) is 9.58. The molecule has 90 valence electrons. The SMILES string of the molecule is CN1CCN(Cc2cc(Cl)c(CN)o2)CC1. The van der Waals surface area contributed by atoms with E-state index in [2.05, 4.69) is 16.8 Å². The molecule has 2 heterocycles. The van der Waals surface area contributed by atoms with Crippen LogP contribution in [0.2, 0.25) is 5.02 Å². The van der Waals surface area contributed by atoms with E-state index in [0.717, 1.165) is 38.5 Å². The molecule has 1 fully saturated rings. The quantitative estimate of drug-likeness (QED) is 0.865. The highest BCUT2D eigenvalue weighted by Gasteiger charge is 2.16. The third-order valence-electron chi connectivity index (χ3n) is 2.97. The van der Waals surface area contributed by atoms with Crippen LogP contribution in [0.1, 0.15) is 11.5 Å². The van der Waals surface area contributed by atoms with Gasteiger partial charge in [0.1, 0.15) is 11.5 Å². The number of hydrogen-bond acceptors (Lipinski definition) is 4. The summed E-state index contributed by atoms with van der Waals surface area (Å²) in [6.07, 6.45) is 0. The predicted molar refractivity (Wildman–Crippen MR) is 64.4 cm³/mol. The molecule has 2 rings (SSSR count). The minimum Gasteiger partial charge on any atom is -0.462 e. The molecule has 0 unspecified atom stereocenters. The smallest absolute Gasteiger partial charge is 0.136 e. The second-order valence-electron chi connectivity index (χ2n) is 4.27. The maximum absolute atomic E-state index is 5.99. The van der Waals surface area contributed by atoms with Gasteiger partial charge in [0, 0.05) is 26.2 Å². The summed E-state index contributed by atoms with van der Waals surface area (Å²) in [7, 11) is 2.15. The molecule has 1 aliphatic heterocycles. The van der Waals surface area contributed by atoms with Gasteiger partial charge in [-0.15, -0.1) is 0 Å². The normalized spacial score (nSPS) is 19.2. The van der Waals surface area contributed by atoms with Crippen molar-refractivity contribution in [1.82, 2.24) is 9.80 Å². The molecule has 0 amide bonds. The average molecular weight is 244 g/mol. The fourth-order valence-electron chi connectivity index (χ4n) is 1.90. The largest absolute Gasteiger partial charge is 0.462 e. The van der Waals surface area contributed by atoms with Crippen LogP contribution in [0.3, 0.4) is 0 Å². The first-order valence-corrected chi connectivity index (χ1v) is 5.95. The summed E-state index contributed by atoms with van der Waals surface area (Å²) in [4.78, 5) is 4.70. The highest BCUT2D eigenvalue weighted by Crippen LogP contribution is 2.21. The van der Waals surface area contributed by atoms with E-state index in [1.807, 2.05) is 6.07 Å². The minimum absolute atomic E-state index is 0.363. The summed E-state index contributed by atoms with van der Waals surface area (Å²) in [5, 5.41) is 0.645. The van der Waals surface area contributed by atoms with Crippen LogP contribution in [0.5, 0.6) is 0 Å². The van der Waals surface area contributed by atoms with Gasteiger partial charge in [0.05, 0.1) is 18.1 Å². The Kier molecular flexibility index (Phi) is 3.86. The van der Waals surface area contributed by atoms with Crippen LogP contribution in [-0.2, 0) is 13.1 Å². The van der Waals surface area contributed by atoms with E-state index >= 15 is 0 Å². The van der Waals surface area contributed by atoms with Crippen LogP contribution in [-0.4, -0.2) is 43.0 Å². The van der Waals surface area contributed by atoms with Crippen molar-refractivity contribution < 1.29 is 4.42 Å². The fraction of sp³-hybridized carbons (Fsp3) is 0.636. The number of hydrogen-bond donors (Lipinski definition) is 1. The third kappa shape index (κ3) is 2.77. The Morgan fingerprint density at radius 3 is 2.62 bits per heavy atom. The average Bonchev–Trinajstić information content (AvgIpc) is 2.62. The van der Waals surface area contributed by atoms with E-state index in [4.69, 9.17) is 21.8 Å². The standard InChI is InChI=1S/C11H18ClN3O/c1-14-2-4-15(5-3-14)8-9-6-10(12)11(7-13)16-9/h6H,2-5,7-8,13H2,1H3. The second kappa shape index (κ2) is 5.19. The van der Waals surface area contributed by atoms with Crippen LogP contribution in [0, 0.1) is 0 Å². The van der Waals surface area contributed by atoms with Crippen LogP contribution in [0.4, 0.5) is 0 Å². The third-order valence-corrected chi connectivity index (χ3v) is 3.29. The first kappa shape index (κ1) is 11.9. The number of halogens is 1. The van der Waals surface area contributed by atoms with Gasteiger partial charge in [0.15, 0.2) is 0 Å². The summed E-state index contributed by atoms with van der Waals surface area (Å²) in [6.45, 7) is 5.56. The number of piperazine rings is 1. The molecular formula is C11H18ClN3O. The van der Waals surface area contributed by atoms with Crippen LogP contribution in [0.15, 0.2) is 10.5 Å². The van der Waals surface area contributed by atoms with Gasteiger partial charge in [-0.2, -0.15) is 0 Å². The highest BCUT2D eigenvalue weighted by molar-refractivity contribution is 6.31. The number of likely N-dealkylation sites (N-methyl/N-ethyl adjacent to an activating group) is 1. The van der Waals surface area contributed by atoms with E-state index in [0.29, 0.717) is 17.3 Å². The van der Waals surface area contributed by atoms with Gasteiger partial charge in [-0.1, -0.05) is 11.6 Å². The van der Waals surface area contributed by atoms with E-state index < -0.39 is 0 Å². The van der Waals surface area contributed by atoms with E-state index in [-0.39, 0.29) is 0 Å². The Labute approximate surface area is 101 Å². The zero-order chi connectivity index (χ0) is 11.5. The zero-order valence-corrected chi connectivity index (χ0v) is 10.3. The monoisotopic (exact) mass is 243 g/mol. The Balaban J connectivity index is 1.93. The molecule has 0 aliphatic carbocycles. The molecule has 2 N–H and O–H groups in total. The molecule has 0 saturated carbocycles. The molecule has 1 aliphatic rings. The maximum atomic E-state index is 5.99. The molecular weight excluding hydrogens is 226 g/mol. The number of nitrogens with two attached hydrogens (primary N) is 1. The summed E-state index contributed by atoms with van der Waals surface area (Å²) in [5.74, 6) is 1.60. The molecule has 0 atom stereocenters. The molecule has 1 saturated heterocycles. The second-order valence-corrected chi connectivity index (χ2v) is 4.67. The minimum atomic E-state index is 0.363. The maximum Gasteiger partial charge on any atom is 0.136 e. The number of nitrogens with zero attached hydrogens (tertiary/aromatic N) is 2. The molecule has 1 aromatic heterocycles. The van der Waals surface area contributed by atoms with Crippen molar-refractivity contribution >= 4 is 11.6 Å². The van der Waals surface area contributed by atoms with E-state index in [9.17, 15) is 0 Å².